The molecule has 0 saturated carbocycles. The fraction of sp³-hybridized carbons (Fsp3) is 0.350. The lowest BCUT2D eigenvalue weighted by Gasteiger charge is -2.18. The van der Waals surface area contributed by atoms with Crippen LogP contribution in [-0.4, -0.2) is 50.4 Å². The summed E-state index contributed by atoms with van der Waals surface area (Å²) in [5.41, 5.74) is 2.22. The van der Waals surface area contributed by atoms with Gasteiger partial charge in [0, 0.05) is 20.6 Å². The average Bonchev–Trinajstić information content (AvgIpc) is 2.67. The third kappa shape index (κ3) is 5.97. The minimum atomic E-state index is -0.0333. The van der Waals surface area contributed by atoms with E-state index < -0.39 is 0 Å². The summed E-state index contributed by atoms with van der Waals surface area (Å²) < 4.78 is 10.8. The van der Waals surface area contributed by atoms with Crippen LogP contribution in [0, 0.1) is 0 Å². The van der Waals surface area contributed by atoms with E-state index in [4.69, 9.17) is 14.6 Å². The Labute approximate surface area is 155 Å². The molecule has 0 radical (unpaired) electrons. The number of benzene rings is 2. The number of methoxy groups -OCH3 is 1. The van der Waals surface area contributed by atoms with Crippen LogP contribution in [0.25, 0.3) is 0 Å². The SMILES string of the molecule is COc1cc(CN=C(NCc2ccccc2)N(C)C)ccc1OCCO. The Bertz CT molecular complexity index is 703. The molecule has 0 saturated heterocycles. The second-order valence-corrected chi connectivity index (χ2v) is 5.93. The Morgan fingerprint density at radius 2 is 1.85 bits per heavy atom. The Hall–Kier alpha value is -2.73. The Morgan fingerprint density at radius 3 is 2.50 bits per heavy atom. The molecule has 140 valence electrons. The summed E-state index contributed by atoms with van der Waals surface area (Å²) in [5, 5.41) is 12.2. The lowest BCUT2D eigenvalue weighted by Crippen LogP contribution is -2.36. The van der Waals surface area contributed by atoms with Crippen LogP contribution in [0.2, 0.25) is 0 Å². The number of aliphatic imine (C=N–C) groups is 1. The zero-order valence-electron chi connectivity index (χ0n) is 15.6. The van der Waals surface area contributed by atoms with E-state index in [1.165, 1.54) is 5.56 Å². The van der Waals surface area contributed by atoms with E-state index in [0.29, 0.717) is 18.0 Å². The summed E-state index contributed by atoms with van der Waals surface area (Å²) in [5.74, 6) is 2.06. The molecule has 0 spiro atoms. The molecule has 0 atom stereocenters. The minimum absolute atomic E-state index is 0.0333. The average molecular weight is 357 g/mol. The summed E-state index contributed by atoms with van der Waals surface area (Å²) in [6, 6.07) is 15.9. The molecule has 2 aromatic rings. The molecule has 0 aliphatic heterocycles. The summed E-state index contributed by atoms with van der Waals surface area (Å²) in [4.78, 5) is 6.63. The number of ether oxygens (including phenoxy) is 2. The van der Waals surface area contributed by atoms with Gasteiger partial charge in [0.05, 0.1) is 20.3 Å². The highest BCUT2D eigenvalue weighted by molar-refractivity contribution is 5.79. The van der Waals surface area contributed by atoms with Crippen molar-refractivity contribution in [1.29, 1.82) is 0 Å². The van der Waals surface area contributed by atoms with Gasteiger partial charge in [-0.15, -0.1) is 0 Å². The summed E-state index contributed by atoms with van der Waals surface area (Å²) in [6.07, 6.45) is 0. The Balaban J connectivity index is 2.04. The third-order valence-corrected chi connectivity index (χ3v) is 3.71. The van der Waals surface area contributed by atoms with Gasteiger partial charge in [-0.25, -0.2) is 4.99 Å². The van der Waals surface area contributed by atoms with Crippen LogP contribution in [0.4, 0.5) is 0 Å². The lowest BCUT2D eigenvalue weighted by molar-refractivity contribution is 0.196. The fourth-order valence-corrected chi connectivity index (χ4v) is 2.38. The zero-order chi connectivity index (χ0) is 18.8. The summed E-state index contributed by atoms with van der Waals surface area (Å²) in [7, 11) is 5.52. The van der Waals surface area contributed by atoms with Gasteiger partial charge < -0.3 is 24.8 Å². The van der Waals surface area contributed by atoms with E-state index >= 15 is 0 Å². The smallest absolute Gasteiger partial charge is 0.194 e. The van der Waals surface area contributed by atoms with E-state index in [-0.39, 0.29) is 13.2 Å². The van der Waals surface area contributed by atoms with Crippen molar-refractivity contribution in [2.75, 3.05) is 34.4 Å². The van der Waals surface area contributed by atoms with Gasteiger partial charge in [0.1, 0.15) is 6.61 Å². The number of hydrogen-bond donors (Lipinski definition) is 2. The van der Waals surface area contributed by atoms with Gasteiger partial charge in [0.25, 0.3) is 0 Å². The first kappa shape index (κ1) is 19.6. The molecule has 6 nitrogen and oxygen atoms in total. The number of aliphatic hydroxyl groups is 1. The monoisotopic (exact) mass is 357 g/mol. The molecule has 0 aliphatic carbocycles. The molecule has 0 amide bonds. The first-order chi connectivity index (χ1) is 12.6. The first-order valence-corrected chi connectivity index (χ1v) is 8.54. The molecule has 0 aliphatic rings. The van der Waals surface area contributed by atoms with Crippen LogP contribution in [0.15, 0.2) is 53.5 Å². The van der Waals surface area contributed by atoms with Crippen molar-refractivity contribution in [3.05, 3.63) is 59.7 Å². The van der Waals surface area contributed by atoms with Gasteiger partial charge in [0.15, 0.2) is 17.5 Å². The predicted octanol–water partition coefficient (Wildman–Crippen LogP) is 2.27. The van der Waals surface area contributed by atoms with Crippen molar-refractivity contribution >= 4 is 5.96 Å². The topological polar surface area (TPSA) is 66.3 Å². The maximum absolute atomic E-state index is 8.88. The highest BCUT2D eigenvalue weighted by Gasteiger charge is 2.07. The van der Waals surface area contributed by atoms with Gasteiger partial charge in [-0.1, -0.05) is 36.4 Å². The van der Waals surface area contributed by atoms with Gasteiger partial charge >= 0.3 is 0 Å². The molecule has 6 heteroatoms. The number of nitrogens with one attached hydrogen (secondary N) is 1. The van der Waals surface area contributed by atoms with Gasteiger partial charge in [-0.3, -0.25) is 0 Å². The molecule has 2 N–H and O–H groups in total. The molecular formula is C20H27N3O3. The zero-order valence-corrected chi connectivity index (χ0v) is 15.6. The Kier molecular flexibility index (Phi) is 7.76. The molecular weight excluding hydrogens is 330 g/mol. The maximum atomic E-state index is 8.88. The van der Waals surface area contributed by atoms with E-state index in [1.807, 2.05) is 55.4 Å². The molecule has 2 rings (SSSR count). The normalized spacial score (nSPS) is 11.2. The van der Waals surface area contributed by atoms with E-state index in [1.54, 1.807) is 7.11 Å². The van der Waals surface area contributed by atoms with Crippen molar-refractivity contribution in [1.82, 2.24) is 10.2 Å². The first-order valence-electron chi connectivity index (χ1n) is 8.54. The molecule has 0 bridgehead atoms. The largest absolute Gasteiger partial charge is 0.493 e. The van der Waals surface area contributed by atoms with Crippen LogP contribution in [-0.2, 0) is 13.1 Å². The van der Waals surface area contributed by atoms with Crippen LogP contribution < -0.4 is 14.8 Å². The van der Waals surface area contributed by atoms with Gasteiger partial charge in [-0.2, -0.15) is 0 Å². The lowest BCUT2D eigenvalue weighted by atomic mass is 10.2. The summed E-state index contributed by atoms with van der Waals surface area (Å²) in [6.45, 7) is 1.44. The van der Waals surface area contributed by atoms with E-state index in [0.717, 1.165) is 18.1 Å². The number of guanidine groups is 1. The number of rotatable bonds is 8. The van der Waals surface area contributed by atoms with Gasteiger partial charge in [0.2, 0.25) is 0 Å². The molecule has 0 unspecified atom stereocenters. The number of aliphatic hydroxyl groups excluding tert-OH is 1. The highest BCUT2D eigenvalue weighted by atomic mass is 16.5. The third-order valence-electron chi connectivity index (χ3n) is 3.71. The van der Waals surface area contributed by atoms with E-state index in [2.05, 4.69) is 22.4 Å². The second kappa shape index (κ2) is 10.3. The fourth-order valence-electron chi connectivity index (χ4n) is 2.38. The standard InChI is InChI=1S/C20H27N3O3/c1-23(2)20(21-14-16-7-5-4-6-8-16)22-15-17-9-10-18(26-12-11-24)19(13-17)25-3/h4-10,13,24H,11-12,14-15H2,1-3H3,(H,21,22). The quantitative estimate of drug-likeness (QED) is 0.560. The van der Waals surface area contributed by atoms with Crippen LogP contribution >= 0.6 is 0 Å². The van der Waals surface area contributed by atoms with Gasteiger partial charge in [-0.05, 0) is 23.3 Å². The number of nitrogens with zero attached hydrogens (tertiary/aromatic N) is 2. The van der Waals surface area contributed by atoms with Crippen LogP contribution in [0.1, 0.15) is 11.1 Å². The molecule has 0 aromatic heterocycles. The van der Waals surface area contributed by atoms with E-state index in [9.17, 15) is 0 Å². The number of hydrogen-bond acceptors (Lipinski definition) is 4. The highest BCUT2D eigenvalue weighted by Crippen LogP contribution is 2.28. The summed E-state index contributed by atoms with van der Waals surface area (Å²) >= 11 is 0. The molecule has 0 fully saturated rings. The second-order valence-electron chi connectivity index (χ2n) is 5.93. The Morgan fingerprint density at radius 1 is 1.08 bits per heavy atom. The van der Waals surface area contributed by atoms with Crippen molar-refractivity contribution in [3.8, 4) is 11.5 Å². The maximum Gasteiger partial charge on any atom is 0.194 e. The molecule has 2 aromatic carbocycles. The van der Waals surface area contributed by atoms with Crippen LogP contribution in [0.5, 0.6) is 11.5 Å². The van der Waals surface area contributed by atoms with Crippen molar-refractivity contribution < 1.29 is 14.6 Å². The van der Waals surface area contributed by atoms with Crippen LogP contribution in [0.3, 0.4) is 0 Å². The molecule has 0 heterocycles. The minimum Gasteiger partial charge on any atom is -0.493 e. The molecule has 26 heavy (non-hydrogen) atoms. The van der Waals surface area contributed by atoms with Crippen molar-refractivity contribution in [2.45, 2.75) is 13.1 Å². The predicted molar refractivity (Wildman–Crippen MR) is 104 cm³/mol. The van der Waals surface area contributed by atoms with Crippen molar-refractivity contribution in [3.63, 3.8) is 0 Å². The van der Waals surface area contributed by atoms with Crippen molar-refractivity contribution in [2.24, 2.45) is 4.99 Å².